The van der Waals surface area contributed by atoms with Crippen molar-refractivity contribution in [2.75, 3.05) is 19.6 Å². The number of benzene rings is 1. The van der Waals surface area contributed by atoms with Gasteiger partial charge in [0.1, 0.15) is 11.6 Å². The maximum Gasteiger partial charge on any atom is 0.220 e. The lowest BCUT2D eigenvalue weighted by Crippen LogP contribution is -2.28. The van der Waals surface area contributed by atoms with Crippen molar-refractivity contribution in [3.05, 3.63) is 35.4 Å². The molecule has 0 spiro atoms. The Balaban J connectivity index is 1.74. The molecule has 1 aromatic carbocycles. The van der Waals surface area contributed by atoms with Gasteiger partial charge in [0.15, 0.2) is 0 Å². The van der Waals surface area contributed by atoms with Crippen LogP contribution in [0.3, 0.4) is 0 Å². The van der Waals surface area contributed by atoms with Crippen LogP contribution in [0.25, 0.3) is 0 Å². The van der Waals surface area contributed by atoms with Crippen LogP contribution in [-0.2, 0) is 4.79 Å². The molecule has 5 heteroatoms. The van der Waals surface area contributed by atoms with Crippen molar-refractivity contribution in [3.63, 3.8) is 0 Å². The summed E-state index contributed by atoms with van der Waals surface area (Å²) in [6, 6.07) is 3.55. The number of halogens is 2. The largest absolute Gasteiger partial charge is 0.356 e. The highest BCUT2D eigenvalue weighted by Gasteiger charge is 2.16. The fourth-order valence-electron chi connectivity index (χ4n) is 2.66. The molecule has 1 saturated heterocycles. The van der Waals surface area contributed by atoms with E-state index in [9.17, 15) is 13.6 Å². The van der Waals surface area contributed by atoms with Gasteiger partial charge in [-0.2, -0.15) is 0 Å². The minimum atomic E-state index is -0.586. The fourth-order valence-corrected chi connectivity index (χ4v) is 2.66. The molecule has 116 valence electrons. The molecule has 2 atom stereocenters. The number of carbonyl (C=O) groups is 1. The predicted octanol–water partition coefficient (Wildman–Crippen LogP) is 2.57. The second-order valence-electron chi connectivity index (χ2n) is 5.77. The van der Waals surface area contributed by atoms with Crippen LogP contribution in [-0.4, -0.2) is 25.5 Å². The molecule has 1 aliphatic rings. The minimum absolute atomic E-state index is 0.00345. The van der Waals surface area contributed by atoms with Crippen molar-refractivity contribution >= 4 is 5.91 Å². The summed E-state index contributed by atoms with van der Waals surface area (Å²) in [6.45, 7) is 4.21. The van der Waals surface area contributed by atoms with Gasteiger partial charge in [0.05, 0.1) is 0 Å². The Labute approximate surface area is 124 Å². The van der Waals surface area contributed by atoms with E-state index < -0.39 is 11.6 Å². The van der Waals surface area contributed by atoms with Gasteiger partial charge in [-0.1, -0.05) is 13.0 Å². The third kappa shape index (κ3) is 4.77. The van der Waals surface area contributed by atoms with Crippen LogP contribution >= 0.6 is 0 Å². The van der Waals surface area contributed by atoms with Crippen molar-refractivity contribution in [2.45, 2.75) is 32.1 Å². The predicted molar refractivity (Wildman–Crippen MR) is 78.0 cm³/mol. The molecule has 2 N–H and O–H groups in total. The molecule has 1 aliphatic heterocycles. The molecule has 1 amide bonds. The number of hydrogen-bond donors (Lipinski definition) is 2. The fraction of sp³-hybridized carbons (Fsp3) is 0.562. The molecule has 0 saturated carbocycles. The van der Waals surface area contributed by atoms with Crippen molar-refractivity contribution in [1.82, 2.24) is 10.6 Å². The zero-order valence-electron chi connectivity index (χ0n) is 12.3. The summed E-state index contributed by atoms with van der Waals surface area (Å²) in [4.78, 5) is 11.8. The van der Waals surface area contributed by atoms with E-state index in [4.69, 9.17) is 0 Å². The second-order valence-corrected chi connectivity index (χ2v) is 5.77. The average molecular weight is 296 g/mol. The van der Waals surface area contributed by atoms with E-state index in [0.29, 0.717) is 24.4 Å². The molecule has 0 aliphatic carbocycles. The van der Waals surface area contributed by atoms with Crippen LogP contribution in [0.1, 0.15) is 37.7 Å². The van der Waals surface area contributed by atoms with Crippen molar-refractivity contribution < 1.29 is 13.6 Å². The number of nitrogens with one attached hydrogen (secondary N) is 2. The van der Waals surface area contributed by atoms with Crippen molar-refractivity contribution in [1.29, 1.82) is 0 Å². The van der Waals surface area contributed by atoms with Crippen LogP contribution in [0.5, 0.6) is 0 Å². The topological polar surface area (TPSA) is 41.1 Å². The average Bonchev–Trinajstić information content (AvgIpc) is 2.95. The van der Waals surface area contributed by atoms with Gasteiger partial charge in [0.25, 0.3) is 0 Å². The summed E-state index contributed by atoms with van der Waals surface area (Å²) in [7, 11) is 0. The molecule has 2 rings (SSSR count). The van der Waals surface area contributed by atoms with Gasteiger partial charge >= 0.3 is 0 Å². The SMILES string of the molecule is CC(CNC(=O)CCC1CCNC1)c1ccc(F)cc1F. The Morgan fingerprint density at radius 2 is 2.29 bits per heavy atom. The standard InChI is InChI=1S/C16H22F2N2O/c1-11(14-4-3-13(17)8-15(14)18)9-20-16(21)5-2-12-6-7-19-10-12/h3-4,8,11-12,19H,2,5-7,9-10H2,1H3,(H,20,21). The highest BCUT2D eigenvalue weighted by atomic mass is 19.1. The maximum absolute atomic E-state index is 13.6. The van der Waals surface area contributed by atoms with Gasteiger partial charge in [-0.25, -0.2) is 8.78 Å². The highest BCUT2D eigenvalue weighted by Crippen LogP contribution is 2.19. The first-order chi connectivity index (χ1) is 10.1. The number of rotatable bonds is 6. The highest BCUT2D eigenvalue weighted by molar-refractivity contribution is 5.75. The summed E-state index contributed by atoms with van der Waals surface area (Å²) in [5.41, 5.74) is 0.427. The van der Waals surface area contributed by atoms with Crippen molar-refractivity contribution in [3.8, 4) is 0 Å². The maximum atomic E-state index is 13.6. The zero-order chi connectivity index (χ0) is 15.2. The van der Waals surface area contributed by atoms with E-state index in [1.807, 2.05) is 6.92 Å². The molecule has 0 bridgehead atoms. The summed E-state index contributed by atoms with van der Waals surface area (Å²) >= 11 is 0. The van der Waals surface area contributed by atoms with Gasteiger partial charge in [0, 0.05) is 24.9 Å². The normalized spacial score (nSPS) is 19.5. The molecule has 2 unspecified atom stereocenters. The van der Waals surface area contributed by atoms with Crippen LogP contribution in [0.15, 0.2) is 18.2 Å². The minimum Gasteiger partial charge on any atom is -0.356 e. The van der Waals surface area contributed by atoms with Crippen LogP contribution < -0.4 is 10.6 Å². The van der Waals surface area contributed by atoms with E-state index >= 15 is 0 Å². The molecule has 0 radical (unpaired) electrons. The molecular formula is C16H22F2N2O. The van der Waals surface area contributed by atoms with E-state index in [1.165, 1.54) is 12.1 Å². The Morgan fingerprint density at radius 1 is 1.48 bits per heavy atom. The molecule has 1 fully saturated rings. The van der Waals surface area contributed by atoms with Gasteiger partial charge in [0.2, 0.25) is 5.91 Å². The van der Waals surface area contributed by atoms with Gasteiger partial charge in [-0.3, -0.25) is 4.79 Å². The lowest BCUT2D eigenvalue weighted by atomic mass is 10.00. The monoisotopic (exact) mass is 296 g/mol. The summed E-state index contributed by atoms with van der Waals surface area (Å²) < 4.78 is 26.5. The van der Waals surface area contributed by atoms with E-state index in [-0.39, 0.29) is 11.8 Å². The van der Waals surface area contributed by atoms with Gasteiger partial charge in [-0.15, -0.1) is 0 Å². The third-order valence-electron chi connectivity index (χ3n) is 4.04. The molecule has 1 aromatic rings. The first-order valence-corrected chi connectivity index (χ1v) is 7.48. The number of carbonyl (C=O) groups excluding carboxylic acids is 1. The van der Waals surface area contributed by atoms with Gasteiger partial charge < -0.3 is 10.6 Å². The molecule has 21 heavy (non-hydrogen) atoms. The molecule has 1 heterocycles. The Kier molecular flexibility index (Phi) is 5.67. The van der Waals surface area contributed by atoms with E-state index in [2.05, 4.69) is 10.6 Å². The van der Waals surface area contributed by atoms with E-state index in [1.54, 1.807) is 0 Å². The summed E-state index contributed by atoms with van der Waals surface area (Å²) in [5.74, 6) is -0.742. The van der Waals surface area contributed by atoms with Crippen molar-refractivity contribution in [2.24, 2.45) is 5.92 Å². The quantitative estimate of drug-likeness (QED) is 0.847. The van der Waals surface area contributed by atoms with E-state index in [0.717, 1.165) is 32.0 Å². The molecule has 0 aromatic heterocycles. The smallest absolute Gasteiger partial charge is 0.220 e. The van der Waals surface area contributed by atoms with Crippen LogP contribution in [0.4, 0.5) is 8.78 Å². The third-order valence-corrected chi connectivity index (χ3v) is 4.04. The zero-order valence-corrected chi connectivity index (χ0v) is 12.3. The summed E-state index contributed by atoms with van der Waals surface area (Å²) in [6.07, 6.45) is 2.52. The Bertz CT molecular complexity index is 487. The first kappa shape index (κ1) is 15.9. The number of hydrogen-bond acceptors (Lipinski definition) is 2. The Hall–Kier alpha value is -1.49. The molecule has 3 nitrogen and oxygen atoms in total. The van der Waals surface area contributed by atoms with Crippen LogP contribution in [0.2, 0.25) is 0 Å². The van der Waals surface area contributed by atoms with Crippen LogP contribution in [0, 0.1) is 17.6 Å². The Morgan fingerprint density at radius 3 is 2.95 bits per heavy atom. The number of amides is 1. The first-order valence-electron chi connectivity index (χ1n) is 7.48. The second kappa shape index (κ2) is 7.50. The van der Waals surface area contributed by atoms with Gasteiger partial charge in [-0.05, 0) is 43.5 Å². The molecular weight excluding hydrogens is 274 g/mol. The lowest BCUT2D eigenvalue weighted by Gasteiger charge is -2.14. The lowest BCUT2D eigenvalue weighted by molar-refractivity contribution is -0.121. The summed E-state index contributed by atoms with van der Waals surface area (Å²) in [5, 5.41) is 6.10.